The molecule has 3 aliphatic heterocycles. The van der Waals surface area contributed by atoms with Crippen molar-refractivity contribution in [2.75, 3.05) is 0 Å². The van der Waals surface area contributed by atoms with Crippen LogP contribution in [0.1, 0.15) is 82.8 Å². The van der Waals surface area contributed by atoms with Gasteiger partial charge >= 0.3 is 5.97 Å². The number of aromatic hydroxyl groups is 1. The SMILES string of the molecule is CC(C)=CCc1c2c(c(O)c3c1O[C@]14C(=C[C@@H]5C[C@@H]1C(C)(C)O[C@@]4(CC=C(C)C(=O)O)C5=O)C3=O)C=CC(C)(C)O2. The summed E-state index contributed by atoms with van der Waals surface area (Å²) in [5.41, 5.74) is -2.14. The number of rotatable bonds is 5. The molecule has 3 heterocycles. The molecule has 4 atom stereocenters. The number of fused-ring (bicyclic) bond motifs is 2. The molecule has 0 radical (unpaired) electrons. The highest BCUT2D eigenvalue weighted by molar-refractivity contribution is 6.19. The molecule has 0 unspecified atom stereocenters. The van der Waals surface area contributed by atoms with Gasteiger partial charge in [0.2, 0.25) is 0 Å². The number of Topliss-reactive ketones (excluding diaryl/α,β-unsaturated/α-hetero) is 2. The molecule has 7 rings (SSSR count). The number of carbonyl (C=O) groups excluding carboxylic acids is 2. The lowest BCUT2D eigenvalue weighted by Gasteiger charge is -2.56. The normalized spacial score (nSPS) is 31.4. The second-order valence-corrected chi connectivity index (χ2v) is 13.2. The van der Waals surface area contributed by atoms with E-state index in [-0.39, 0.29) is 40.8 Å². The number of hydrogen-bond acceptors (Lipinski definition) is 7. The maximum atomic E-state index is 14.5. The highest BCUT2D eigenvalue weighted by Crippen LogP contribution is 2.68. The molecule has 1 saturated carbocycles. The van der Waals surface area contributed by atoms with E-state index in [0.717, 1.165) is 5.57 Å². The number of ether oxygens (including phenoxy) is 3. The van der Waals surface area contributed by atoms with Crippen LogP contribution in [0.4, 0.5) is 0 Å². The molecule has 2 fully saturated rings. The Kier molecular flexibility index (Phi) is 5.67. The van der Waals surface area contributed by atoms with E-state index in [1.807, 2.05) is 53.7 Å². The number of phenols is 1. The van der Waals surface area contributed by atoms with Gasteiger partial charge in [-0.2, -0.15) is 0 Å². The van der Waals surface area contributed by atoms with E-state index in [2.05, 4.69) is 0 Å². The van der Waals surface area contributed by atoms with Gasteiger partial charge in [-0.3, -0.25) is 9.59 Å². The van der Waals surface area contributed by atoms with Crippen molar-refractivity contribution in [3.63, 3.8) is 0 Å². The van der Waals surface area contributed by atoms with Gasteiger partial charge in [0, 0.05) is 35.0 Å². The number of phenolic OH excluding ortho intramolecular Hbond substituents is 1. The monoisotopic (exact) mass is 560 g/mol. The number of aliphatic carboxylic acids is 1. The van der Waals surface area contributed by atoms with E-state index >= 15 is 0 Å². The Morgan fingerprint density at radius 2 is 1.78 bits per heavy atom. The third-order valence-electron chi connectivity index (χ3n) is 9.37. The molecule has 41 heavy (non-hydrogen) atoms. The van der Waals surface area contributed by atoms with Gasteiger partial charge in [0.15, 0.2) is 22.8 Å². The van der Waals surface area contributed by atoms with Crippen molar-refractivity contribution in [1.29, 1.82) is 0 Å². The molecule has 0 aromatic heterocycles. The molecule has 8 heteroatoms. The Morgan fingerprint density at radius 1 is 1.07 bits per heavy atom. The maximum absolute atomic E-state index is 14.5. The van der Waals surface area contributed by atoms with Gasteiger partial charge < -0.3 is 24.4 Å². The van der Waals surface area contributed by atoms with Crippen LogP contribution in [0, 0.1) is 11.8 Å². The van der Waals surface area contributed by atoms with E-state index in [0.29, 0.717) is 35.3 Å². The van der Waals surface area contributed by atoms with Crippen LogP contribution in [0.2, 0.25) is 0 Å². The Bertz CT molecular complexity index is 1560. The second kappa shape index (κ2) is 8.44. The average molecular weight is 561 g/mol. The van der Waals surface area contributed by atoms with Crippen molar-refractivity contribution in [2.24, 2.45) is 11.8 Å². The van der Waals surface area contributed by atoms with Crippen molar-refractivity contribution < 1.29 is 38.8 Å². The zero-order valence-corrected chi connectivity index (χ0v) is 24.5. The van der Waals surface area contributed by atoms with Crippen molar-refractivity contribution >= 4 is 23.6 Å². The first-order valence-electron chi connectivity index (χ1n) is 14.1. The van der Waals surface area contributed by atoms with Gasteiger partial charge in [-0.15, -0.1) is 0 Å². The number of carbonyl (C=O) groups is 3. The Labute approximate surface area is 239 Å². The average Bonchev–Trinajstić information content (AvgIpc) is 3.03. The second-order valence-electron chi connectivity index (χ2n) is 13.2. The van der Waals surface area contributed by atoms with Crippen molar-refractivity contribution in [2.45, 2.75) is 90.1 Å². The predicted octanol–water partition coefficient (Wildman–Crippen LogP) is 5.51. The van der Waals surface area contributed by atoms with Crippen LogP contribution < -0.4 is 9.47 Å². The largest absolute Gasteiger partial charge is 0.506 e. The quantitative estimate of drug-likeness (QED) is 0.357. The van der Waals surface area contributed by atoms with Crippen molar-refractivity contribution in [3.05, 3.63) is 57.7 Å². The minimum Gasteiger partial charge on any atom is -0.506 e. The van der Waals surface area contributed by atoms with Crippen LogP contribution in [0.5, 0.6) is 17.2 Å². The van der Waals surface area contributed by atoms with Crippen molar-refractivity contribution in [3.8, 4) is 17.2 Å². The first-order valence-corrected chi connectivity index (χ1v) is 14.1. The number of benzene rings is 1. The minimum atomic E-state index is -1.61. The van der Waals surface area contributed by atoms with Gasteiger partial charge in [0.1, 0.15) is 28.4 Å². The predicted molar refractivity (Wildman–Crippen MR) is 151 cm³/mol. The van der Waals surface area contributed by atoms with E-state index in [4.69, 9.17) is 14.2 Å². The number of carboxylic acids is 1. The summed E-state index contributed by atoms with van der Waals surface area (Å²) in [6, 6.07) is 0. The van der Waals surface area contributed by atoms with Crippen LogP contribution in [-0.2, 0) is 20.7 Å². The smallest absolute Gasteiger partial charge is 0.330 e. The number of carboxylic acid groups (broad SMARTS) is 1. The van der Waals surface area contributed by atoms with E-state index in [9.17, 15) is 24.6 Å². The number of allylic oxidation sites excluding steroid dienone is 3. The lowest BCUT2D eigenvalue weighted by atomic mass is 9.51. The molecule has 8 nitrogen and oxygen atoms in total. The molecule has 6 aliphatic rings. The molecule has 1 spiro atoms. The third kappa shape index (κ3) is 3.52. The van der Waals surface area contributed by atoms with Crippen LogP contribution in [0.3, 0.4) is 0 Å². The zero-order chi connectivity index (χ0) is 29.9. The molecular formula is C33H36O8. The van der Waals surface area contributed by atoms with Crippen molar-refractivity contribution in [1.82, 2.24) is 0 Å². The number of hydrogen-bond donors (Lipinski definition) is 2. The standard InChI is InChI=1S/C33H36O8/c1-16(2)8-9-20-26-19(11-12-30(4,5)39-26)24(34)23-25(35)21-14-18-15-22-31(6,7)41-32(28(18)36,13-10-17(3)29(37)38)33(21,22)40-27(20)23/h8,10-12,14,18,22,34H,9,13,15H2,1-7H3,(H,37,38)/t18-,22-,32+,33-/m1/s1. The summed E-state index contributed by atoms with van der Waals surface area (Å²) < 4.78 is 20.1. The Morgan fingerprint density at radius 3 is 2.44 bits per heavy atom. The summed E-state index contributed by atoms with van der Waals surface area (Å²) in [6.07, 6.45) is 9.54. The van der Waals surface area contributed by atoms with Gasteiger partial charge in [0.25, 0.3) is 0 Å². The summed E-state index contributed by atoms with van der Waals surface area (Å²) in [7, 11) is 0. The lowest BCUT2D eigenvalue weighted by molar-refractivity contribution is -0.171. The fourth-order valence-corrected chi connectivity index (χ4v) is 7.44. The van der Waals surface area contributed by atoms with Gasteiger partial charge in [-0.1, -0.05) is 23.8 Å². The molecule has 1 saturated heterocycles. The molecular weight excluding hydrogens is 524 g/mol. The van der Waals surface area contributed by atoms with Gasteiger partial charge in [-0.05, 0) is 73.5 Å². The summed E-state index contributed by atoms with van der Waals surface area (Å²) in [5, 5.41) is 21.1. The van der Waals surface area contributed by atoms with E-state index < -0.39 is 40.1 Å². The molecule has 4 bridgehead atoms. The maximum Gasteiger partial charge on any atom is 0.330 e. The third-order valence-corrected chi connectivity index (χ3v) is 9.37. The Hall–Kier alpha value is -3.65. The lowest BCUT2D eigenvalue weighted by Crippen LogP contribution is -2.72. The minimum absolute atomic E-state index is 0.0513. The fourth-order valence-electron chi connectivity index (χ4n) is 7.44. The summed E-state index contributed by atoms with van der Waals surface area (Å²) in [4.78, 5) is 40.4. The van der Waals surface area contributed by atoms with E-state index in [1.165, 1.54) is 13.0 Å². The topological polar surface area (TPSA) is 119 Å². The summed E-state index contributed by atoms with van der Waals surface area (Å²) in [5.74, 6) is -2.29. The Balaban J connectivity index is 1.66. The van der Waals surface area contributed by atoms with Crippen LogP contribution in [-0.4, -0.2) is 50.2 Å². The molecule has 2 N–H and O–H groups in total. The van der Waals surface area contributed by atoms with Crippen LogP contribution in [0.15, 0.2) is 41.0 Å². The molecule has 1 aromatic carbocycles. The first kappa shape index (κ1) is 27.5. The first-order chi connectivity index (χ1) is 19.1. The van der Waals surface area contributed by atoms with E-state index in [1.54, 1.807) is 12.2 Å². The highest BCUT2D eigenvalue weighted by atomic mass is 16.6. The molecule has 216 valence electrons. The van der Waals surface area contributed by atoms with Gasteiger partial charge in [-0.25, -0.2) is 4.79 Å². The molecule has 0 amide bonds. The van der Waals surface area contributed by atoms with Crippen LogP contribution >= 0.6 is 0 Å². The fraction of sp³-hybridized carbons (Fsp3) is 0.485. The molecule has 1 aromatic rings. The summed E-state index contributed by atoms with van der Waals surface area (Å²) in [6.45, 7) is 13.0. The number of ketones is 2. The molecule has 3 aliphatic carbocycles. The highest BCUT2D eigenvalue weighted by Gasteiger charge is 2.81. The summed E-state index contributed by atoms with van der Waals surface area (Å²) >= 11 is 0. The van der Waals surface area contributed by atoms with Crippen LogP contribution in [0.25, 0.3) is 6.08 Å². The van der Waals surface area contributed by atoms with Gasteiger partial charge in [0.05, 0.1) is 11.2 Å². The zero-order valence-electron chi connectivity index (χ0n) is 24.5.